The van der Waals surface area contributed by atoms with Gasteiger partial charge in [-0.25, -0.2) is 8.78 Å². The fourth-order valence-corrected chi connectivity index (χ4v) is 2.39. The number of halogens is 2. The van der Waals surface area contributed by atoms with Crippen molar-refractivity contribution < 1.29 is 8.78 Å². The zero-order valence-electron chi connectivity index (χ0n) is 9.31. The van der Waals surface area contributed by atoms with Gasteiger partial charge in [-0.3, -0.25) is 0 Å². The van der Waals surface area contributed by atoms with Gasteiger partial charge in [0.15, 0.2) is 0 Å². The van der Waals surface area contributed by atoms with Crippen LogP contribution < -0.4 is 5.32 Å². The highest BCUT2D eigenvalue weighted by Crippen LogP contribution is 2.30. The standard InChI is InChI=1S/C11H20F2N2/c1-15(9-3-2-4-9)8-5-10-11(12,13)6-7-14-10/h9-10,14H,2-8H2,1H3. The Labute approximate surface area is 90.0 Å². The van der Waals surface area contributed by atoms with Gasteiger partial charge in [-0.05, 0) is 32.9 Å². The first-order chi connectivity index (χ1) is 7.09. The van der Waals surface area contributed by atoms with Gasteiger partial charge in [0, 0.05) is 19.0 Å². The van der Waals surface area contributed by atoms with E-state index in [1.165, 1.54) is 19.3 Å². The van der Waals surface area contributed by atoms with Crippen molar-refractivity contribution in [2.75, 3.05) is 20.1 Å². The fourth-order valence-electron chi connectivity index (χ4n) is 2.39. The zero-order valence-corrected chi connectivity index (χ0v) is 9.31. The van der Waals surface area contributed by atoms with Crippen molar-refractivity contribution in [1.82, 2.24) is 10.2 Å². The molecule has 0 spiro atoms. The molecule has 1 heterocycles. The monoisotopic (exact) mass is 218 g/mol. The van der Waals surface area contributed by atoms with Crippen molar-refractivity contribution in [2.24, 2.45) is 0 Å². The molecule has 4 heteroatoms. The van der Waals surface area contributed by atoms with Crippen LogP contribution in [0.1, 0.15) is 32.1 Å². The van der Waals surface area contributed by atoms with Crippen molar-refractivity contribution >= 4 is 0 Å². The van der Waals surface area contributed by atoms with E-state index >= 15 is 0 Å². The van der Waals surface area contributed by atoms with Crippen molar-refractivity contribution in [3.63, 3.8) is 0 Å². The van der Waals surface area contributed by atoms with E-state index in [2.05, 4.69) is 17.3 Å². The number of hydrogen-bond acceptors (Lipinski definition) is 2. The summed E-state index contributed by atoms with van der Waals surface area (Å²) in [4.78, 5) is 2.24. The predicted molar refractivity (Wildman–Crippen MR) is 56.2 cm³/mol. The summed E-state index contributed by atoms with van der Waals surface area (Å²) in [5.41, 5.74) is 0. The molecule has 0 aromatic heterocycles. The van der Waals surface area contributed by atoms with Gasteiger partial charge >= 0.3 is 0 Å². The molecule has 15 heavy (non-hydrogen) atoms. The average molecular weight is 218 g/mol. The third-order valence-electron chi connectivity index (χ3n) is 3.83. The number of nitrogens with one attached hydrogen (secondary N) is 1. The number of alkyl halides is 2. The molecule has 1 saturated carbocycles. The molecule has 0 aromatic rings. The predicted octanol–water partition coefficient (Wildman–Crippen LogP) is 1.86. The Morgan fingerprint density at radius 1 is 1.40 bits per heavy atom. The number of nitrogens with zero attached hydrogens (tertiary/aromatic N) is 1. The molecular weight excluding hydrogens is 198 g/mol. The minimum absolute atomic E-state index is 0.00477. The largest absolute Gasteiger partial charge is 0.308 e. The van der Waals surface area contributed by atoms with Crippen molar-refractivity contribution in [1.29, 1.82) is 0 Å². The van der Waals surface area contributed by atoms with Crippen LogP contribution in [-0.4, -0.2) is 43.0 Å². The maximum absolute atomic E-state index is 13.3. The average Bonchev–Trinajstić information content (AvgIpc) is 2.38. The summed E-state index contributed by atoms with van der Waals surface area (Å²) in [5, 5.41) is 2.90. The Morgan fingerprint density at radius 2 is 2.13 bits per heavy atom. The molecule has 0 amide bonds. The van der Waals surface area contributed by atoms with Gasteiger partial charge in [0.25, 0.3) is 5.92 Å². The summed E-state index contributed by atoms with van der Waals surface area (Å²) in [5.74, 6) is -2.49. The summed E-state index contributed by atoms with van der Waals surface area (Å²) >= 11 is 0. The van der Waals surface area contributed by atoms with Crippen molar-refractivity contribution in [2.45, 2.75) is 50.1 Å². The van der Waals surface area contributed by atoms with Crippen LogP contribution >= 0.6 is 0 Å². The van der Waals surface area contributed by atoms with E-state index in [1.54, 1.807) is 0 Å². The summed E-state index contributed by atoms with van der Waals surface area (Å²) in [6, 6.07) is 0.0556. The lowest BCUT2D eigenvalue weighted by molar-refractivity contribution is -0.0167. The van der Waals surface area contributed by atoms with Crippen LogP contribution in [0.5, 0.6) is 0 Å². The molecule has 1 atom stereocenters. The van der Waals surface area contributed by atoms with Gasteiger partial charge in [-0.15, -0.1) is 0 Å². The van der Waals surface area contributed by atoms with Crippen LogP contribution in [0.2, 0.25) is 0 Å². The quantitative estimate of drug-likeness (QED) is 0.774. The highest BCUT2D eigenvalue weighted by atomic mass is 19.3. The van der Waals surface area contributed by atoms with Crippen LogP contribution in [0.3, 0.4) is 0 Å². The summed E-state index contributed by atoms with van der Waals surface area (Å²) in [6.07, 6.45) is 4.35. The Morgan fingerprint density at radius 3 is 2.60 bits per heavy atom. The highest BCUT2D eigenvalue weighted by Gasteiger charge is 2.43. The molecule has 1 saturated heterocycles. The molecule has 2 nitrogen and oxygen atoms in total. The maximum atomic E-state index is 13.3. The smallest absolute Gasteiger partial charge is 0.264 e. The first-order valence-corrected chi connectivity index (χ1v) is 5.91. The van der Waals surface area contributed by atoms with Crippen LogP contribution in [0.25, 0.3) is 0 Å². The van der Waals surface area contributed by atoms with Crippen molar-refractivity contribution in [3.8, 4) is 0 Å². The molecule has 0 bridgehead atoms. The second kappa shape index (κ2) is 4.34. The van der Waals surface area contributed by atoms with Gasteiger partial charge in [-0.1, -0.05) is 6.42 Å². The van der Waals surface area contributed by atoms with Crippen LogP contribution in [0.4, 0.5) is 8.78 Å². The first-order valence-electron chi connectivity index (χ1n) is 5.91. The van der Waals surface area contributed by atoms with Crippen LogP contribution in [0.15, 0.2) is 0 Å². The highest BCUT2D eigenvalue weighted by molar-refractivity contribution is 4.91. The van der Waals surface area contributed by atoms with E-state index in [4.69, 9.17) is 0 Å². The van der Waals surface area contributed by atoms with Gasteiger partial charge in [0.1, 0.15) is 0 Å². The van der Waals surface area contributed by atoms with Gasteiger partial charge in [-0.2, -0.15) is 0 Å². The fraction of sp³-hybridized carbons (Fsp3) is 1.00. The van der Waals surface area contributed by atoms with Gasteiger partial charge in [0.05, 0.1) is 6.04 Å². The summed E-state index contributed by atoms with van der Waals surface area (Å²) in [7, 11) is 2.05. The lowest BCUT2D eigenvalue weighted by Crippen LogP contribution is -2.42. The molecule has 2 aliphatic rings. The molecule has 1 aliphatic heterocycles. The molecule has 0 radical (unpaired) electrons. The van der Waals surface area contributed by atoms with Crippen LogP contribution in [-0.2, 0) is 0 Å². The second-order valence-corrected chi connectivity index (χ2v) is 4.87. The van der Waals surface area contributed by atoms with E-state index in [1.807, 2.05) is 0 Å². The zero-order chi connectivity index (χ0) is 10.9. The lowest BCUT2D eigenvalue weighted by Gasteiger charge is -2.35. The number of hydrogen-bond donors (Lipinski definition) is 1. The molecule has 0 aromatic carbocycles. The Hall–Kier alpha value is -0.220. The third kappa shape index (κ3) is 2.48. The van der Waals surface area contributed by atoms with E-state index in [-0.39, 0.29) is 6.42 Å². The molecular formula is C11H20F2N2. The minimum Gasteiger partial charge on any atom is -0.308 e. The molecule has 2 fully saturated rings. The molecule has 1 unspecified atom stereocenters. The van der Waals surface area contributed by atoms with Gasteiger partial charge in [0.2, 0.25) is 0 Å². The summed E-state index contributed by atoms with van der Waals surface area (Å²) in [6.45, 7) is 1.25. The van der Waals surface area contributed by atoms with E-state index < -0.39 is 12.0 Å². The van der Waals surface area contributed by atoms with E-state index in [0.717, 1.165) is 6.54 Å². The number of rotatable bonds is 4. The van der Waals surface area contributed by atoms with E-state index in [0.29, 0.717) is 19.0 Å². The Bertz CT molecular complexity index is 217. The topological polar surface area (TPSA) is 15.3 Å². The Kier molecular flexibility index (Phi) is 3.26. The maximum Gasteiger partial charge on any atom is 0.264 e. The Balaban J connectivity index is 1.72. The summed E-state index contributed by atoms with van der Waals surface area (Å²) < 4.78 is 26.6. The molecule has 1 aliphatic carbocycles. The SMILES string of the molecule is CN(CCC1NCCC1(F)F)C1CCC1. The second-order valence-electron chi connectivity index (χ2n) is 4.87. The molecule has 2 rings (SSSR count). The lowest BCUT2D eigenvalue weighted by atomic mass is 9.91. The normalized spacial score (nSPS) is 30.8. The van der Waals surface area contributed by atoms with Crippen LogP contribution in [0, 0.1) is 0 Å². The van der Waals surface area contributed by atoms with Gasteiger partial charge < -0.3 is 10.2 Å². The molecule has 88 valence electrons. The van der Waals surface area contributed by atoms with E-state index in [9.17, 15) is 8.78 Å². The minimum atomic E-state index is -2.49. The third-order valence-corrected chi connectivity index (χ3v) is 3.83. The first kappa shape index (κ1) is 11.3. The molecule has 1 N–H and O–H groups in total. The van der Waals surface area contributed by atoms with Crippen molar-refractivity contribution in [3.05, 3.63) is 0 Å².